The van der Waals surface area contributed by atoms with Crippen molar-refractivity contribution in [3.63, 3.8) is 0 Å². The number of carbonyl (C=O) groups excluding carboxylic acids is 2. The Kier molecular flexibility index (Phi) is 6.79. The molecule has 0 aliphatic carbocycles. The second kappa shape index (κ2) is 9.32. The van der Waals surface area contributed by atoms with Crippen molar-refractivity contribution in [3.8, 4) is 11.5 Å². The van der Waals surface area contributed by atoms with E-state index in [-0.39, 0.29) is 24.2 Å². The van der Waals surface area contributed by atoms with Gasteiger partial charge in [-0.1, -0.05) is 42.9 Å². The maximum atomic E-state index is 12.6. The SMILES string of the molecule is COc1cc(OC)c(NC(=O)Cc2ccc3nc(NC(=O)C(C)C)sc3c2)cc1Cl. The Morgan fingerprint density at radius 1 is 1.10 bits per heavy atom. The van der Waals surface area contributed by atoms with Crippen LogP contribution in [0.15, 0.2) is 30.3 Å². The van der Waals surface area contributed by atoms with E-state index >= 15 is 0 Å². The topological polar surface area (TPSA) is 89.6 Å². The summed E-state index contributed by atoms with van der Waals surface area (Å²) < 4.78 is 11.4. The fourth-order valence-corrected chi connectivity index (χ4v) is 3.89. The zero-order valence-corrected chi connectivity index (χ0v) is 18.6. The molecule has 0 radical (unpaired) electrons. The number of carbonyl (C=O) groups is 2. The van der Waals surface area contributed by atoms with Gasteiger partial charge in [-0.05, 0) is 23.8 Å². The highest BCUT2D eigenvalue weighted by Crippen LogP contribution is 2.36. The van der Waals surface area contributed by atoms with E-state index in [4.69, 9.17) is 21.1 Å². The first kappa shape index (κ1) is 21.9. The number of nitrogens with one attached hydrogen (secondary N) is 2. The average molecular weight is 448 g/mol. The van der Waals surface area contributed by atoms with Crippen LogP contribution in [0.3, 0.4) is 0 Å². The van der Waals surface area contributed by atoms with Crippen LogP contribution in [0.5, 0.6) is 11.5 Å². The molecule has 2 N–H and O–H groups in total. The maximum absolute atomic E-state index is 12.6. The molecule has 1 heterocycles. The molecule has 0 aliphatic rings. The number of amides is 2. The van der Waals surface area contributed by atoms with Crippen molar-refractivity contribution in [2.45, 2.75) is 20.3 Å². The molecule has 0 spiro atoms. The Bertz CT molecular complexity index is 1100. The molecule has 0 bridgehead atoms. The molecule has 3 rings (SSSR count). The molecule has 0 atom stereocenters. The maximum Gasteiger partial charge on any atom is 0.228 e. The monoisotopic (exact) mass is 447 g/mol. The van der Waals surface area contributed by atoms with Crippen LogP contribution in [0.4, 0.5) is 10.8 Å². The number of rotatable bonds is 7. The van der Waals surface area contributed by atoms with Crippen molar-refractivity contribution in [2.24, 2.45) is 5.92 Å². The summed E-state index contributed by atoms with van der Waals surface area (Å²) in [6.45, 7) is 3.65. The minimum Gasteiger partial charge on any atom is -0.495 e. The molecule has 0 unspecified atom stereocenters. The van der Waals surface area contributed by atoms with E-state index in [2.05, 4.69) is 15.6 Å². The smallest absolute Gasteiger partial charge is 0.228 e. The summed E-state index contributed by atoms with van der Waals surface area (Å²) in [6, 6.07) is 8.79. The normalized spacial score (nSPS) is 10.9. The largest absolute Gasteiger partial charge is 0.495 e. The lowest BCUT2D eigenvalue weighted by molar-refractivity contribution is -0.119. The van der Waals surface area contributed by atoms with E-state index in [1.807, 2.05) is 32.0 Å². The van der Waals surface area contributed by atoms with Crippen LogP contribution < -0.4 is 20.1 Å². The Labute approximate surface area is 183 Å². The molecular weight excluding hydrogens is 426 g/mol. The van der Waals surface area contributed by atoms with Gasteiger partial charge in [0.2, 0.25) is 11.8 Å². The van der Waals surface area contributed by atoms with Gasteiger partial charge in [0.25, 0.3) is 0 Å². The van der Waals surface area contributed by atoms with Crippen molar-refractivity contribution in [1.29, 1.82) is 0 Å². The molecule has 0 fully saturated rings. The van der Waals surface area contributed by atoms with Gasteiger partial charge in [0.15, 0.2) is 5.13 Å². The standard InChI is InChI=1S/C21H22ClN3O4S/c1-11(2)20(27)25-21-24-14-6-5-12(7-18(14)30-21)8-19(26)23-15-9-13(22)16(28-3)10-17(15)29-4/h5-7,9-11H,8H2,1-4H3,(H,23,26)(H,24,25,27). The summed E-state index contributed by atoms with van der Waals surface area (Å²) >= 11 is 7.53. The van der Waals surface area contributed by atoms with Crippen LogP contribution in [-0.2, 0) is 16.0 Å². The number of anilines is 2. The number of methoxy groups -OCH3 is 2. The molecule has 7 nitrogen and oxygen atoms in total. The van der Waals surface area contributed by atoms with E-state index in [1.54, 1.807) is 12.1 Å². The van der Waals surface area contributed by atoms with Crippen LogP contribution >= 0.6 is 22.9 Å². The number of hydrogen-bond acceptors (Lipinski definition) is 6. The number of hydrogen-bond donors (Lipinski definition) is 2. The Morgan fingerprint density at radius 3 is 2.50 bits per heavy atom. The number of aromatic nitrogens is 1. The first-order valence-corrected chi connectivity index (χ1v) is 10.4. The number of benzene rings is 2. The predicted molar refractivity (Wildman–Crippen MR) is 120 cm³/mol. The highest BCUT2D eigenvalue weighted by atomic mass is 35.5. The molecule has 30 heavy (non-hydrogen) atoms. The summed E-state index contributed by atoms with van der Waals surface area (Å²) in [4.78, 5) is 28.8. The fourth-order valence-electron chi connectivity index (χ4n) is 2.72. The van der Waals surface area contributed by atoms with Gasteiger partial charge >= 0.3 is 0 Å². The average Bonchev–Trinajstić information content (AvgIpc) is 3.09. The third kappa shape index (κ3) is 5.01. The predicted octanol–water partition coefficient (Wildman–Crippen LogP) is 4.74. The summed E-state index contributed by atoms with van der Waals surface area (Å²) in [6.07, 6.45) is 0.161. The number of nitrogens with zero attached hydrogens (tertiary/aromatic N) is 1. The van der Waals surface area contributed by atoms with Crippen LogP contribution in [-0.4, -0.2) is 31.0 Å². The Balaban J connectivity index is 1.74. The van der Waals surface area contributed by atoms with Crippen LogP contribution in [0.1, 0.15) is 19.4 Å². The molecule has 0 aliphatic heterocycles. The van der Waals surface area contributed by atoms with Gasteiger partial charge in [-0.3, -0.25) is 9.59 Å². The van der Waals surface area contributed by atoms with Gasteiger partial charge in [0.05, 0.1) is 41.6 Å². The van der Waals surface area contributed by atoms with Gasteiger partial charge in [0.1, 0.15) is 11.5 Å². The zero-order valence-electron chi connectivity index (χ0n) is 17.0. The number of ether oxygens (including phenoxy) is 2. The quantitative estimate of drug-likeness (QED) is 0.545. The highest BCUT2D eigenvalue weighted by Gasteiger charge is 2.14. The van der Waals surface area contributed by atoms with E-state index in [9.17, 15) is 9.59 Å². The van der Waals surface area contributed by atoms with Gasteiger partial charge < -0.3 is 20.1 Å². The van der Waals surface area contributed by atoms with Gasteiger partial charge in [-0.25, -0.2) is 4.98 Å². The molecule has 0 saturated heterocycles. The summed E-state index contributed by atoms with van der Waals surface area (Å²) in [5.74, 6) is 0.489. The molecule has 0 saturated carbocycles. The summed E-state index contributed by atoms with van der Waals surface area (Å²) in [5.41, 5.74) is 2.06. The van der Waals surface area contributed by atoms with Crippen LogP contribution in [0, 0.1) is 5.92 Å². The molecule has 9 heteroatoms. The third-order valence-corrected chi connectivity index (χ3v) is 5.55. The third-order valence-electron chi connectivity index (χ3n) is 4.32. The van der Waals surface area contributed by atoms with Gasteiger partial charge in [-0.2, -0.15) is 0 Å². The first-order chi connectivity index (χ1) is 14.3. The van der Waals surface area contributed by atoms with Gasteiger partial charge in [0, 0.05) is 12.0 Å². The minimum atomic E-state index is -0.216. The van der Waals surface area contributed by atoms with E-state index < -0.39 is 0 Å². The van der Waals surface area contributed by atoms with Crippen LogP contribution in [0.2, 0.25) is 5.02 Å². The summed E-state index contributed by atoms with van der Waals surface area (Å²) in [5, 5.41) is 6.54. The van der Waals surface area contributed by atoms with Crippen molar-refractivity contribution in [1.82, 2.24) is 4.98 Å². The van der Waals surface area contributed by atoms with Gasteiger partial charge in [-0.15, -0.1) is 0 Å². The first-order valence-electron chi connectivity index (χ1n) is 9.22. The molecular formula is C21H22ClN3O4S. The number of thiazole rings is 1. The van der Waals surface area contributed by atoms with E-state index in [0.29, 0.717) is 27.3 Å². The van der Waals surface area contributed by atoms with Crippen LogP contribution in [0.25, 0.3) is 10.2 Å². The fraction of sp³-hybridized carbons (Fsp3) is 0.286. The molecule has 2 aromatic carbocycles. The molecule has 2 amide bonds. The van der Waals surface area contributed by atoms with E-state index in [1.165, 1.54) is 25.6 Å². The summed E-state index contributed by atoms with van der Waals surface area (Å²) in [7, 11) is 3.01. The minimum absolute atomic E-state index is 0.0826. The molecule has 158 valence electrons. The van der Waals surface area contributed by atoms with Crippen molar-refractivity contribution in [2.75, 3.05) is 24.9 Å². The number of fused-ring (bicyclic) bond motifs is 1. The lowest BCUT2D eigenvalue weighted by Gasteiger charge is -2.13. The zero-order chi connectivity index (χ0) is 21.8. The second-order valence-electron chi connectivity index (χ2n) is 6.88. The Hall–Kier alpha value is -2.84. The second-order valence-corrected chi connectivity index (χ2v) is 8.31. The van der Waals surface area contributed by atoms with Crippen molar-refractivity contribution in [3.05, 3.63) is 40.9 Å². The molecule has 3 aromatic rings. The van der Waals surface area contributed by atoms with E-state index in [0.717, 1.165) is 15.8 Å². The number of halogens is 1. The molecule has 1 aromatic heterocycles. The van der Waals surface area contributed by atoms with Crippen molar-refractivity contribution < 1.29 is 19.1 Å². The Morgan fingerprint density at radius 2 is 1.83 bits per heavy atom. The highest BCUT2D eigenvalue weighted by molar-refractivity contribution is 7.22. The lowest BCUT2D eigenvalue weighted by Crippen LogP contribution is -2.17. The lowest BCUT2D eigenvalue weighted by atomic mass is 10.1. The van der Waals surface area contributed by atoms with Crippen molar-refractivity contribution >= 4 is 55.8 Å².